The third-order valence-corrected chi connectivity index (χ3v) is 5.01. The zero-order valence-electron chi connectivity index (χ0n) is 16.1. The average molecular weight is 403 g/mol. The molecule has 3 aromatic carbocycles. The van der Waals surface area contributed by atoms with Crippen molar-refractivity contribution in [3.05, 3.63) is 95.0 Å². The normalized spacial score (nSPS) is 10.8. The van der Waals surface area contributed by atoms with Gasteiger partial charge in [-0.1, -0.05) is 66.2 Å². The third-order valence-electron chi connectivity index (χ3n) is 4.76. The predicted octanol–water partition coefficient (Wildman–Crippen LogP) is 5.59. The maximum atomic E-state index is 5.95. The summed E-state index contributed by atoms with van der Waals surface area (Å²) in [5, 5.41) is 8.62. The molecule has 0 spiro atoms. The van der Waals surface area contributed by atoms with Crippen molar-refractivity contribution >= 4 is 34.3 Å². The fraction of sp³-hybridized carbons (Fsp3) is 0.167. The highest BCUT2D eigenvalue weighted by Crippen LogP contribution is 2.22. The van der Waals surface area contributed by atoms with Gasteiger partial charge < -0.3 is 10.6 Å². The molecule has 29 heavy (non-hydrogen) atoms. The van der Waals surface area contributed by atoms with Gasteiger partial charge in [0, 0.05) is 23.5 Å². The Morgan fingerprint density at radius 3 is 2.10 bits per heavy atom. The minimum absolute atomic E-state index is 0.639. The van der Waals surface area contributed by atoms with Crippen LogP contribution >= 0.6 is 11.6 Å². The van der Waals surface area contributed by atoms with Crippen molar-refractivity contribution in [2.45, 2.75) is 12.8 Å². The molecule has 0 unspecified atom stereocenters. The molecule has 4 rings (SSSR count). The van der Waals surface area contributed by atoms with Crippen molar-refractivity contribution in [1.82, 2.24) is 9.97 Å². The lowest BCUT2D eigenvalue weighted by Gasteiger charge is -2.12. The van der Waals surface area contributed by atoms with Crippen molar-refractivity contribution in [2.75, 3.05) is 23.7 Å². The van der Waals surface area contributed by atoms with Crippen LogP contribution in [0.3, 0.4) is 0 Å². The fourth-order valence-corrected chi connectivity index (χ4v) is 3.36. The number of aromatic nitrogens is 2. The maximum absolute atomic E-state index is 5.95. The number of nitrogens with one attached hydrogen (secondary N) is 2. The monoisotopic (exact) mass is 402 g/mol. The Bertz CT molecular complexity index is 1070. The molecular weight excluding hydrogens is 380 g/mol. The van der Waals surface area contributed by atoms with Crippen LogP contribution in [0.4, 0.5) is 11.8 Å². The summed E-state index contributed by atoms with van der Waals surface area (Å²) < 4.78 is 0. The number of halogens is 1. The Kier molecular flexibility index (Phi) is 6.22. The molecule has 0 bridgehead atoms. The first-order valence-corrected chi connectivity index (χ1v) is 10.2. The molecule has 1 heterocycles. The van der Waals surface area contributed by atoms with Crippen LogP contribution in [0.5, 0.6) is 0 Å². The van der Waals surface area contributed by atoms with Crippen LogP contribution in [-0.2, 0) is 12.8 Å². The van der Waals surface area contributed by atoms with Gasteiger partial charge in [-0.3, -0.25) is 0 Å². The van der Waals surface area contributed by atoms with E-state index in [4.69, 9.17) is 16.6 Å². The minimum Gasteiger partial charge on any atom is -0.369 e. The highest BCUT2D eigenvalue weighted by atomic mass is 35.5. The second-order valence-electron chi connectivity index (χ2n) is 6.88. The summed E-state index contributed by atoms with van der Waals surface area (Å²) in [7, 11) is 0. The van der Waals surface area contributed by atoms with Gasteiger partial charge in [-0.2, -0.15) is 4.98 Å². The fourth-order valence-electron chi connectivity index (χ4n) is 3.23. The highest BCUT2D eigenvalue weighted by Gasteiger charge is 2.07. The van der Waals surface area contributed by atoms with E-state index in [2.05, 4.69) is 45.9 Å². The molecule has 2 N–H and O–H groups in total. The number of fused-ring (bicyclic) bond motifs is 1. The molecule has 4 nitrogen and oxygen atoms in total. The Morgan fingerprint density at radius 2 is 1.31 bits per heavy atom. The molecule has 1 aromatic heterocycles. The number of nitrogens with zero attached hydrogens (tertiary/aromatic N) is 2. The summed E-state index contributed by atoms with van der Waals surface area (Å²) in [6.07, 6.45) is 1.82. The van der Waals surface area contributed by atoms with Gasteiger partial charge in [0.15, 0.2) is 0 Å². The molecule has 5 heteroatoms. The van der Waals surface area contributed by atoms with Crippen molar-refractivity contribution in [3.63, 3.8) is 0 Å². The molecule has 0 fully saturated rings. The number of hydrogen-bond donors (Lipinski definition) is 2. The Morgan fingerprint density at radius 1 is 0.655 bits per heavy atom. The molecule has 0 amide bonds. The maximum Gasteiger partial charge on any atom is 0.225 e. The van der Waals surface area contributed by atoms with E-state index in [0.717, 1.165) is 47.7 Å². The third kappa shape index (κ3) is 5.24. The first kappa shape index (κ1) is 19.2. The number of benzene rings is 3. The van der Waals surface area contributed by atoms with Gasteiger partial charge in [-0.05, 0) is 48.2 Å². The molecule has 0 atom stereocenters. The van der Waals surface area contributed by atoms with Crippen LogP contribution in [0.2, 0.25) is 5.02 Å². The Labute approximate surface area is 176 Å². The van der Waals surface area contributed by atoms with Crippen LogP contribution in [-0.4, -0.2) is 23.1 Å². The van der Waals surface area contributed by atoms with Crippen LogP contribution in [0.25, 0.3) is 10.9 Å². The van der Waals surface area contributed by atoms with E-state index >= 15 is 0 Å². The van der Waals surface area contributed by atoms with E-state index in [0.29, 0.717) is 5.95 Å². The molecule has 0 saturated heterocycles. The van der Waals surface area contributed by atoms with Gasteiger partial charge in [0.2, 0.25) is 5.95 Å². The van der Waals surface area contributed by atoms with Crippen LogP contribution < -0.4 is 10.6 Å². The zero-order valence-corrected chi connectivity index (χ0v) is 16.9. The van der Waals surface area contributed by atoms with Gasteiger partial charge in [-0.25, -0.2) is 4.98 Å². The Balaban J connectivity index is 1.44. The van der Waals surface area contributed by atoms with E-state index in [1.165, 1.54) is 11.1 Å². The summed E-state index contributed by atoms with van der Waals surface area (Å²) >= 11 is 5.95. The summed E-state index contributed by atoms with van der Waals surface area (Å²) in [5.74, 6) is 1.50. The van der Waals surface area contributed by atoms with Crippen molar-refractivity contribution in [2.24, 2.45) is 0 Å². The number of rotatable bonds is 8. The molecule has 0 saturated carbocycles. The summed E-state index contributed by atoms with van der Waals surface area (Å²) in [5.41, 5.74) is 3.46. The predicted molar refractivity (Wildman–Crippen MR) is 122 cm³/mol. The second-order valence-corrected chi connectivity index (χ2v) is 7.32. The molecule has 146 valence electrons. The van der Waals surface area contributed by atoms with Gasteiger partial charge in [0.05, 0.1) is 5.52 Å². The average Bonchev–Trinajstić information content (AvgIpc) is 2.76. The molecule has 0 radical (unpaired) electrons. The standard InChI is InChI=1S/C24H23ClN4/c25-20-12-10-19(11-13-20)15-17-27-24-28-22-9-5-4-8-21(22)23(29-24)26-16-14-18-6-2-1-3-7-18/h1-13H,14-17H2,(H2,26,27,28,29). The molecule has 0 aliphatic carbocycles. The minimum atomic E-state index is 0.639. The number of hydrogen-bond acceptors (Lipinski definition) is 4. The Hall–Kier alpha value is -3.11. The molecule has 0 aliphatic heterocycles. The van der Waals surface area contributed by atoms with Gasteiger partial charge in [0.1, 0.15) is 5.82 Å². The molecular formula is C24H23ClN4. The van der Waals surface area contributed by atoms with Crippen LogP contribution in [0, 0.1) is 0 Å². The van der Waals surface area contributed by atoms with E-state index in [9.17, 15) is 0 Å². The van der Waals surface area contributed by atoms with E-state index < -0.39 is 0 Å². The largest absolute Gasteiger partial charge is 0.369 e. The van der Waals surface area contributed by atoms with E-state index in [1.807, 2.05) is 48.5 Å². The first-order valence-electron chi connectivity index (χ1n) is 9.81. The van der Waals surface area contributed by atoms with Gasteiger partial charge >= 0.3 is 0 Å². The molecule has 0 aliphatic rings. The van der Waals surface area contributed by atoms with Crippen molar-refractivity contribution in [1.29, 1.82) is 0 Å². The van der Waals surface area contributed by atoms with Gasteiger partial charge in [0.25, 0.3) is 0 Å². The highest BCUT2D eigenvalue weighted by molar-refractivity contribution is 6.30. The number of para-hydroxylation sites is 1. The molecule has 4 aromatic rings. The summed E-state index contributed by atoms with van der Waals surface area (Å²) in [6, 6.07) is 26.5. The van der Waals surface area contributed by atoms with Crippen LogP contribution in [0.15, 0.2) is 78.9 Å². The lowest BCUT2D eigenvalue weighted by Crippen LogP contribution is -2.11. The van der Waals surface area contributed by atoms with Gasteiger partial charge in [-0.15, -0.1) is 0 Å². The summed E-state index contributed by atoms with van der Waals surface area (Å²) in [6.45, 7) is 1.57. The number of anilines is 2. The van der Waals surface area contributed by atoms with Crippen LogP contribution in [0.1, 0.15) is 11.1 Å². The second kappa shape index (κ2) is 9.39. The first-order chi connectivity index (χ1) is 14.3. The lowest BCUT2D eigenvalue weighted by molar-refractivity contribution is 0.979. The zero-order chi connectivity index (χ0) is 19.9. The van der Waals surface area contributed by atoms with Crippen molar-refractivity contribution < 1.29 is 0 Å². The summed E-state index contributed by atoms with van der Waals surface area (Å²) in [4.78, 5) is 9.39. The van der Waals surface area contributed by atoms with Crippen molar-refractivity contribution in [3.8, 4) is 0 Å². The SMILES string of the molecule is Clc1ccc(CCNc2nc(NCCc3ccccc3)c3ccccc3n2)cc1. The smallest absolute Gasteiger partial charge is 0.225 e. The topological polar surface area (TPSA) is 49.8 Å². The lowest BCUT2D eigenvalue weighted by atomic mass is 10.1. The quantitative estimate of drug-likeness (QED) is 0.403. The van der Waals surface area contributed by atoms with E-state index in [1.54, 1.807) is 0 Å². The van der Waals surface area contributed by atoms with E-state index in [-0.39, 0.29) is 0 Å².